The van der Waals surface area contributed by atoms with Crippen LogP contribution in [0.2, 0.25) is 0 Å². The Balaban J connectivity index is 3.72. The number of hydrogen-bond donors (Lipinski definition) is 2. The van der Waals surface area contributed by atoms with Crippen LogP contribution in [0.25, 0.3) is 0 Å². The number of Topliss-reactive ketones (excluding diaryl/α,β-unsaturated/α-hetero) is 1. The molecule has 3 N–H and O–H groups in total. The fourth-order valence-corrected chi connectivity index (χ4v) is 0.401. The van der Waals surface area contributed by atoms with Gasteiger partial charge in [-0.3, -0.25) is 9.59 Å². The van der Waals surface area contributed by atoms with Crippen LogP contribution < -0.4 is 5.73 Å². The summed E-state index contributed by atoms with van der Waals surface area (Å²) >= 11 is 0. The van der Waals surface area contributed by atoms with Crippen LogP contribution in [0, 0.1) is 0 Å². The normalized spacial score (nSPS) is 12.6. The van der Waals surface area contributed by atoms with Crippen LogP contribution in [-0.2, 0) is 9.59 Å². The van der Waals surface area contributed by atoms with E-state index in [1.165, 1.54) is 0 Å². The highest BCUT2D eigenvalue weighted by Gasteiger charge is 2.15. The lowest BCUT2D eigenvalue weighted by atomic mass is 10.1. The van der Waals surface area contributed by atoms with Crippen molar-refractivity contribution in [1.29, 1.82) is 0 Å². The second-order valence-corrected chi connectivity index (χ2v) is 1.80. The van der Waals surface area contributed by atoms with Crippen molar-refractivity contribution >= 4 is 11.8 Å². The molecule has 0 saturated carbocycles. The maximum absolute atomic E-state index is 11.5. The number of rotatable bonds is 4. The van der Waals surface area contributed by atoms with Gasteiger partial charge in [0.05, 0.1) is 12.5 Å². The zero-order chi connectivity index (χ0) is 8.15. The molecule has 0 bridgehead atoms. The molecule has 0 fully saturated rings. The Morgan fingerprint density at radius 1 is 1.60 bits per heavy atom. The number of carbonyl (C=O) groups excluding carboxylic acids is 1. The van der Waals surface area contributed by atoms with Gasteiger partial charge in [-0.25, -0.2) is 4.39 Å². The van der Waals surface area contributed by atoms with Crippen molar-refractivity contribution in [3.05, 3.63) is 0 Å². The van der Waals surface area contributed by atoms with E-state index in [0.717, 1.165) is 0 Å². The third-order valence-electron chi connectivity index (χ3n) is 0.940. The lowest BCUT2D eigenvalue weighted by Crippen LogP contribution is -2.33. The van der Waals surface area contributed by atoms with Crippen LogP contribution in [0.3, 0.4) is 0 Å². The molecule has 0 aromatic rings. The maximum Gasteiger partial charge on any atom is 0.305 e. The molecule has 0 saturated heterocycles. The van der Waals surface area contributed by atoms with Crippen molar-refractivity contribution in [2.45, 2.75) is 12.5 Å². The fourth-order valence-electron chi connectivity index (χ4n) is 0.401. The summed E-state index contributed by atoms with van der Waals surface area (Å²) in [7, 11) is 0. The molecule has 0 amide bonds. The van der Waals surface area contributed by atoms with Gasteiger partial charge in [0.1, 0.15) is 6.67 Å². The molecule has 1 unspecified atom stereocenters. The molecule has 0 heterocycles. The monoisotopic (exact) mass is 149 g/mol. The van der Waals surface area contributed by atoms with E-state index in [1.807, 2.05) is 0 Å². The zero-order valence-electron chi connectivity index (χ0n) is 5.21. The number of carboxylic acid groups (broad SMARTS) is 1. The Morgan fingerprint density at radius 2 is 2.10 bits per heavy atom. The van der Waals surface area contributed by atoms with E-state index in [2.05, 4.69) is 0 Å². The van der Waals surface area contributed by atoms with Gasteiger partial charge in [0.2, 0.25) is 0 Å². The summed E-state index contributed by atoms with van der Waals surface area (Å²) in [6.45, 7) is -1.20. The lowest BCUT2D eigenvalue weighted by molar-refractivity contribution is -0.139. The number of carboxylic acids is 1. The van der Waals surface area contributed by atoms with Crippen LogP contribution in [0.1, 0.15) is 6.42 Å². The van der Waals surface area contributed by atoms with Gasteiger partial charge < -0.3 is 10.8 Å². The van der Waals surface area contributed by atoms with E-state index in [9.17, 15) is 14.0 Å². The number of aliphatic carboxylic acids is 1. The van der Waals surface area contributed by atoms with Gasteiger partial charge in [0, 0.05) is 0 Å². The van der Waals surface area contributed by atoms with E-state index in [1.54, 1.807) is 0 Å². The highest BCUT2D eigenvalue weighted by molar-refractivity contribution is 5.88. The summed E-state index contributed by atoms with van der Waals surface area (Å²) in [6.07, 6.45) is -0.511. The smallest absolute Gasteiger partial charge is 0.305 e. The molecular formula is C5H8FNO3. The molecule has 0 radical (unpaired) electrons. The Bertz CT molecular complexity index is 148. The highest BCUT2D eigenvalue weighted by atomic mass is 19.1. The van der Waals surface area contributed by atoms with Crippen molar-refractivity contribution in [3.63, 3.8) is 0 Å². The largest absolute Gasteiger partial charge is 0.481 e. The molecule has 1 atom stereocenters. The first-order valence-electron chi connectivity index (χ1n) is 2.64. The number of hydrogen-bond acceptors (Lipinski definition) is 3. The minimum absolute atomic E-state index is 0.511. The van der Waals surface area contributed by atoms with Crippen LogP contribution in [0.15, 0.2) is 0 Å². The Kier molecular flexibility index (Phi) is 3.56. The number of halogens is 1. The predicted octanol–water partition coefficient (Wildman–Crippen LogP) is -0.673. The van der Waals surface area contributed by atoms with Crippen molar-refractivity contribution in [2.24, 2.45) is 5.73 Å². The average Bonchev–Trinajstić information content (AvgIpc) is 1.85. The van der Waals surface area contributed by atoms with Crippen molar-refractivity contribution in [3.8, 4) is 0 Å². The van der Waals surface area contributed by atoms with E-state index in [4.69, 9.17) is 10.8 Å². The first-order valence-corrected chi connectivity index (χ1v) is 2.64. The summed E-state index contributed by atoms with van der Waals surface area (Å²) in [5.74, 6) is -2.07. The molecular weight excluding hydrogens is 141 g/mol. The average molecular weight is 149 g/mol. The van der Waals surface area contributed by atoms with Gasteiger partial charge in [0.15, 0.2) is 5.78 Å². The van der Waals surface area contributed by atoms with E-state index >= 15 is 0 Å². The van der Waals surface area contributed by atoms with Gasteiger partial charge in [-0.2, -0.15) is 0 Å². The highest BCUT2D eigenvalue weighted by Crippen LogP contribution is 1.90. The third kappa shape index (κ3) is 3.13. The van der Waals surface area contributed by atoms with Gasteiger partial charge in [0.25, 0.3) is 0 Å². The SMILES string of the molecule is NC(CC(=O)O)C(=O)CF. The second kappa shape index (κ2) is 3.94. The van der Waals surface area contributed by atoms with Crippen LogP contribution >= 0.6 is 0 Å². The first kappa shape index (κ1) is 9.03. The van der Waals surface area contributed by atoms with Crippen LogP contribution in [0.5, 0.6) is 0 Å². The summed E-state index contributed by atoms with van der Waals surface area (Å²) in [5, 5.41) is 8.07. The molecule has 0 spiro atoms. The standard InChI is InChI=1S/C5H8FNO3/c6-2-4(8)3(7)1-5(9)10/h3H,1-2,7H2,(H,9,10). The summed E-state index contributed by atoms with van der Waals surface area (Å²) in [4.78, 5) is 20.2. The molecule has 0 aliphatic carbocycles. The molecule has 0 aliphatic heterocycles. The molecule has 0 aromatic carbocycles. The van der Waals surface area contributed by atoms with E-state index in [0.29, 0.717) is 0 Å². The van der Waals surface area contributed by atoms with Crippen LogP contribution in [0.4, 0.5) is 4.39 Å². The maximum atomic E-state index is 11.5. The van der Waals surface area contributed by atoms with Crippen molar-refractivity contribution in [1.82, 2.24) is 0 Å². The third-order valence-corrected chi connectivity index (χ3v) is 0.940. The molecule has 4 nitrogen and oxygen atoms in total. The van der Waals surface area contributed by atoms with Gasteiger partial charge in [-0.05, 0) is 0 Å². The van der Waals surface area contributed by atoms with Gasteiger partial charge in [-0.1, -0.05) is 0 Å². The predicted molar refractivity (Wildman–Crippen MR) is 31.2 cm³/mol. The number of alkyl halides is 1. The lowest BCUT2D eigenvalue weighted by Gasteiger charge is -2.02. The van der Waals surface area contributed by atoms with E-state index < -0.39 is 30.9 Å². The fraction of sp³-hybridized carbons (Fsp3) is 0.600. The second-order valence-electron chi connectivity index (χ2n) is 1.80. The van der Waals surface area contributed by atoms with E-state index in [-0.39, 0.29) is 0 Å². The summed E-state index contributed by atoms with van der Waals surface area (Å²) in [6, 6.07) is -1.21. The minimum Gasteiger partial charge on any atom is -0.481 e. The summed E-state index contributed by atoms with van der Waals surface area (Å²) < 4.78 is 11.5. The zero-order valence-corrected chi connectivity index (χ0v) is 5.21. The molecule has 0 aliphatic rings. The number of nitrogens with two attached hydrogens (primary N) is 1. The summed E-state index contributed by atoms with van der Waals surface area (Å²) in [5.41, 5.74) is 4.96. The number of carbonyl (C=O) groups is 2. The molecule has 0 aromatic heterocycles. The Labute approximate surface area is 56.8 Å². The minimum atomic E-state index is -1.21. The van der Waals surface area contributed by atoms with Crippen LogP contribution in [-0.4, -0.2) is 29.6 Å². The topological polar surface area (TPSA) is 80.4 Å². The van der Waals surface area contributed by atoms with Crippen molar-refractivity contribution in [2.75, 3.05) is 6.67 Å². The van der Waals surface area contributed by atoms with Gasteiger partial charge >= 0.3 is 5.97 Å². The molecule has 0 rings (SSSR count). The van der Waals surface area contributed by atoms with Crippen molar-refractivity contribution < 1.29 is 19.1 Å². The molecule has 10 heavy (non-hydrogen) atoms. The molecule has 5 heteroatoms. The van der Waals surface area contributed by atoms with Gasteiger partial charge in [-0.15, -0.1) is 0 Å². The Hall–Kier alpha value is -0.970. The quantitative estimate of drug-likeness (QED) is 0.555. The Morgan fingerprint density at radius 3 is 2.40 bits per heavy atom. The number of ketones is 1. The molecule has 58 valence electrons. The first-order chi connectivity index (χ1) is 4.57.